The molecule has 0 unspecified atom stereocenters. The first kappa shape index (κ1) is 12.1. The number of imidazole rings is 1. The molecule has 0 saturated heterocycles. The molecule has 0 aliphatic heterocycles. The SMILES string of the molecule is O=C(Cc1ccon1)Nc1nc2ccccc2n1C1CC1. The third-order valence-corrected chi connectivity index (χ3v) is 3.59. The molecule has 1 saturated carbocycles. The minimum Gasteiger partial charge on any atom is -0.364 e. The van der Waals surface area contributed by atoms with E-state index < -0.39 is 0 Å². The maximum absolute atomic E-state index is 12.1. The van der Waals surface area contributed by atoms with Crippen molar-refractivity contribution in [3.8, 4) is 0 Å². The highest BCUT2D eigenvalue weighted by atomic mass is 16.5. The van der Waals surface area contributed by atoms with E-state index in [9.17, 15) is 4.79 Å². The molecule has 0 atom stereocenters. The van der Waals surface area contributed by atoms with Crippen LogP contribution in [0.4, 0.5) is 5.95 Å². The molecule has 0 spiro atoms. The van der Waals surface area contributed by atoms with E-state index in [2.05, 4.69) is 20.0 Å². The smallest absolute Gasteiger partial charge is 0.232 e. The summed E-state index contributed by atoms with van der Waals surface area (Å²) in [7, 11) is 0. The first-order chi connectivity index (χ1) is 10.3. The highest BCUT2D eigenvalue weighted by Crippen LogP contribution is 2.40. The summed E-state index contributed by atoms with van der Waals surface area (Å²) < 4.78 is 6.86. The van der Waals surface area contributed by atoms with Gasteiger partial charge >= 0.3 is 0 Å². The van der Waals surface area contributed by atoms with E-state index in [1.807, 2.05) is 24.3 Å². The summed E-state index contributed by atoms with van der Waals surface area (Å²) in [5.41, 5.74) is 2.58. The maximum Gasteiger partial charge on any atom is 0.232 e. The van der Waals surface area contributed by atoms with Crippen LogP contribution in [0, 0.1) is 0 Å². The lowest BCUT2D eigenvalue weighted by molar-refractivity contribution is -0.115. The highest BCUT2D eigenvalue weighted by Gasteiger charge is 2.28. The minimum atomic E-state index is -0.138. The van der Waals surface area contributed by atoms with Gasteiger partial charge in [-0.1, -0.05) is 17.3 Å². The zero-order valence-electron chi connectivity index (χ0n) is 11.3. The summed E-state index contributed by atoms with van der Waals surface area (Å²) in [6.07, 6.45) is 3.91. The Bertz CT molecular complexity index is 787. The molecule has 1 amide bonds. The number of rotatable bonds is 4. The van der Waals surface area contributed by atoms with E-state index in [1.54, 1.807) is 6.07 Å². The van der Waals surface area contributed by atoms with Gasteiger partial charge in [0.1, 0.15) is 6.26 Å². The molecule has 3 aromatic rings. The van der Waals surface area contributed by atoms with Gasteiger partial charge in [-0.25, -0.2) is 4.98 Å². The highest BCUT2D eigenvalue weighted by molar-refractivity contribution is 5.92. The van der Waals surface area contributed by atoms with Crippen LogP contribution in [0.5, 0.6) is 0 Å². The van der Waals surface area contributed by atoms with E-state index >= 15 is 0 Å². The standard InChI is InChI=1S/C15H14N4O2/c20-14(9-10-7-8-21-18-10)17-15-16-12-3-1-2-4-13(12)19(15)11-5-6-11/h1-4,7-8,11H,5-6,9H2,(H,16,17,20). The lowest BCUT2D eigenvalue weighted by Gasteiger charge is -2.08. The summed E-state index contributed by atoms with van der Waals surface area (Å²) in [6.45, 7) is 0. The number of nitrogens with zero attached hydrogens (tertiary/aromatic N) is 3. The minimum absolute atomic E-state index is 0.138. The molecule has 2 aromatic heterocycles. The van der Waals surface area contributed by atoms with Gasteiger partial charge in [0.2, 0.25) is 11.9 Å². The molecular formula is C15H14N4O2. The molecule has 106 valence electrons. The van der Waals surface area contributed by atoms with Gasteiger partial charge in [0, 0.05) is 12.1 Å². The predicted octanol–water partition coefficient (Wildman–Crippen LogP) is 2.54. The van der Waals surface area contributed by atoms with Crippen molar-refractivity contribution in [1.29, 1.82) is 0 Å². The molecule has 1 fully saturated rings. The third kappa shape index (κ3) is 2.29. The van der Waals surface area contributed by atoms with Crippen LogP contribution in [0.3, 0.4) is 0 Å². The number of hydrogen-bond donors (Lipinski definition) is 1. The van der Waals surface area contributed by atoms with Crippen LogP contribution in [-0.4, -0.2) is 20.6 Å². The molecule has 0 bridgehead atoms. The number of carbonyl (C=O) groups is 1. The number of anilines is 1. The lowest BCUT2D eigenvalue weighted by atomic mass is 10.3. The van der Waals surface area contributed by atoms with E-state index in [-0.39, 0.29) is 12.3 Å². The van der Waals surface area contributed by atoms with Crippen LogP contribution in [0.15, 0.2) is 41.1 Å². The molecule has 4 rings (SSSR count). The van der Waals surface area contributed by atoms with Crippen molar-refractivity contribution in [3.63, 3.8) is 0 Å². The zero-order valence-corrected chi connectivity index (χ0v) is 11.3. The fraction of sp³-hybridized carbons (Fsp3) is 0.267. The number of amides is 1. The first-order valence-corrected chi connectivity index (χ1v) is 6.97. The second-order valence-electron chi connectivity index (χ2n) is 5.24. The fourth-order valence-electron chi connectivity index (χ4n) is 2.50. The van der Waals surface area contributed by atoms with Crippen molar-refractivity contribution in [2.45, 2.75) is 25.3 Å². The Morgan fingerprint density at radius 2 is 2.19 bits per heavy atom. The largest absolute Gasteiger partial charge is 0.364 e. The lowest BCUT2D eigenvalue weighted by Crippen LogP contribution is -2.17. The molecule has 6 heteroatoms. The van der Waals surface area contributed by atoms with Crippen LogP contribution in [-0.2, 0) is 11.2 Å². The molecule has 1 aliphatic rings. The molecule has 0 radical (unpaired) electrons. The van der Waals surface area contributed by atoms with E-state index in [0.29, 0.717) is 17.7 Å². The van der Waals surface area contributed by atoms with Gasteiger partial charge in [-0.05, 0) is 25.0 Å². The molecular weight excluding hydrogens is 268 g/mol. The molecule has 2 heterocycles. The van der Waals surface area contributed by atoms with Gasteiger partial charge in [0.05, 0.1) is 23.1 Å². The second-order valence-corrected chi connectivity index (χ2v) is 5.24. The predicted molar refractivity (Wildman–Crippen MR) is 76.8 cm³/mol. The van der Waals surface area contributed by atoms with Gasteiger partial charge in [0.15, 0.2) is 0 Å². The van der Waals surface area contributed by atoms with Crippen molar-refractivity contribution in [3.05, 3.63) is 42.3 Å². The van der Waals surface area contributed by atoms with Crippen LogP contribution >= 0.6 is 0 Å². The van der Waals surface area contributed by atoms with Gasteiger partial charge < -0.3 is 9.09 Å². The fourth-order valence-corrected chi connectivity index (χ4v) is 2.50. The number of hydrogen-bond acceptors (Lipinski definition) is 4. The Morgan fingerprint density at radius 3 is 2.95 bits per heavy atom. The summed E-state index contributed by atoms with van der Waals surface area (Å²) in [5, 5.41) is 6.64. The average molecular weight is 282 g/mol. The van der Waals surface area contributed by atoms with Crippen LogP contribution in [0.1, 0.15) is 24.6 Å². The number of fused-ring (bicyclic) bond motifs is 1. The molecule has 6 nitrogen and oxygen atoms in total. The Kier molecular flexibility index (Phi) is 2.73. The third-order valence-electron chi connectivity index (χ3n) is 3.59. The normalized spacial score (nSPS) is 14.5. The number of benzene rings is 1. The average Bonchev–Trinajstić information content (AvgIpc) is 3.05. The van der Waals surface area contributed by atoms with Crippen LogP contribution in [0.2, 0.25) is 0 Å². The Morgan fingerprint density at radius 1 is 1.33 bits per heavy atom. The van der Waals surface area contributed by atoms with Crippen LogP contribution in [0.25, 0.3) is 11.0 Å². The zero-order chi connectivity index (χ0) is 14.2. The number of nitrogens with one attached hydrogen (secondary N) is 1. The number of para-hydroxylation sites is 2. The summed E-state index contributed by atoms with van der Waals surface area (Å²) >= 11 is 0. The van der Waals surface area contributed by atoms with E-state index in [0.717, 1.165) is 23.9 Å². The van der Waals surface area contributed by atoms with E-state index in [4.69, 9.17) is 4.52 Å². The Hall–Kier alpha value is -2.63. The van der Waals surface area contributed by atoms with Crippen molar-refractivity contribution in [1.82, 2.24) is 14.7 Å². The quantitative estimate of drug-likeness (QED) is 0.798. The first-order valence-electron chi connectivity index (χ1n) is 6.97. The Labute approximate surface area is 120 Å². The monoisotopic (exact) mass is 282 g/mol. The van der Waals surface area contributed by atoms with Crippen molar-refractivity contribution in [2.24, 2.45) is 0 Å². The summed E-state index contributed by atoms with van der Waals surface area (Å²) in [5.74, 6) is 0.480. The van der Waals surface area contributed by atoms with Gasteiger partial charge in [-0.3, -0.25) is 10.1 Å². The second kappa shape index (κ2) is 4.73. The number of carbonyl (C=O) groups excluding carboxylic acids is 1. The van der Waals surface area contributed by atoms with E-state index in [1.165, 1.54) is 6.26 Å². The Balaban J connectivity index is 1.63. The van der Waals surface area contributed by atoms with Crippen molar-refractivity contribution in [2.75, 3.05) is 5.32 Å². The summed E-state index contributed by atoms with van der Waals surface area (Å²) in [4.78, 5) is 16.6. The van der Waals surface area contributed by atoms with Crippen LogP contribution < -0.4 is 5.32 Å². The molecule has 21 heavy (non-hydrogen) atoms. The van der Waals surface area contributed by atoms with Gasteiger partial charge in [-0.2, -0.15) is 0 Å². The topological polar surface area (TPSA) is 73.0 Å². The van der Waals surface area contributed by atoms with Gasteiger partial charge in [-0.15, -0.1) is 0 Å². The van der Waals surface area contributed by atoms with Crippen molar-refractivity contribution >= 4 is 22.9 Å². The molecule has 1 N–H and O–H groups in total. The maximum atomic E-state index is 12.1. The number of aromatic nitrogens is 3. The molecule has 1 aromatic carbocycles. The summed E-state index contributed by atoms with van der Waals surface area (Å²) in [6, 6.07) is 10.1. The molecule has 1 aliphatic carbocycles. The van der Waals surface area contributed by atoms with Crippen molar-refractivity contribution < 1.29 is 9.32 Å². The van der Waals surface area contributed by atoms with Gasteiger partial charge in [0.25, 0.3) is 0 Å².